The summed E-state index contributed by atoms with van der Waals surface area (Å²) in [5.41, 5.74) is 2.22. The summed E-state index contributed by atoms with van der Waals surface area (Å²) in [4.78, 5) is 32.4. The van der Waals surface area contributed by atoms with Crippen molar-refractivity contribution in [1.82, 2.24) is 29.0 Å². The van der Waals surface area contributed by atoms with Crippen molar-refractivity contribution in [2.75, 3.05) is 31.6 Å². The van der Waals surface area contributed by atoms with E-state index in [4.69, 9.17) is 26.1 Å². The number of carbonyl (C=O) groups is 2. The van der Waals surface area contributed by atoms with E-state index >= 15 is 0 Å². The van der Waals surface area contributed by atoms with Crippen LogP contribution in [-0.4, -0.2) is 73.3 Å². The summed E-state index contributed by atoms with van der Waals surface area (Å²) in [6.45, 7) is 5.74. The zero-order valence-corrected chi connectivity index (χ0v) is 21.3. The Morgan fingerprint density at radius 3 is 2.89 bits per heavy atom. The molecule has 2 aliphatic rings. The minimum Gasteiger partial charge on any atom is -0.484 e. The second-order valence-electron chi connectivity index (χ2n) is 9.43. The number of aromatic nitrogens is 5. The fourth-order valence-corrected chi connectivity index (χ4v) is 5.21. The predicted octanol–water partition coefficient (Wildman–Crippen LogP) is 3.50. The largest absolute Gasteiger partial charge is 0.484 e. The Bertz CT molecular complexity index is 1540. The molecular formula is C26H26ClN7O4. The molecular weight excluding hydrogens is 510 g/mol. The lowest BCUT2D eigenvalue weighted by atomic mass is 10.1. The fourth-order valence-electron chi connectivity index (χ4n) is 4.92. The highest BCUT2D eigenvalue weighted by molar-refractivity contribution is 6.36. The molecule has 0 saturated carbocycles. The Hall–Kier alpha value is -3.96. The van der Waals surface area contributed by atoms with Crippen LogP contribution in [-0.2, 0) is 9.53 Å². The Morgan fingerprint density at radius 2 is 2.11 bits per heavy atom. The Labute approximate surface area is 223 Å². The van der Waals surface area contributed by atoms with Crippen LogP contribution in [0.4, 0.5) is 5.95 Å². The molecule has 1 atom stereocenters. The van der Waals surface area contributed by atoms with E-state index < -0.39 is 0 Å². The van der Waals surface area contributed by atoms with E-state index in [1.165, 1.54) is 6.08 Å². The third-order valence-electron chi connectivity index (χ3n) is 6.94. The van der Waals surface area contributed by atoms with Gasteiger partial charge >= 0.3 is 0 Å². The van der Waals surface area contributed by atoms with Gasteiger partial charge in [0, 0.05) is 24.8 Å². The number of imidazole rings is 1. The number of carbonyl (C=O) groups excluding carboxylic acids is 2. The van der Waals surface area contributed by atoms with Gasteiger partial charge in [-0.1, -0.05) is 18.2 Å². The molecule has 2 saturated heterocycles. The molecule has 1 unspecified atom stereocenters. The molecule has 1 aromatic carbocycles. The molecule has 1 N–H and O–H groups in total. The third kappa shape index (κ3) is 4.48. The van der Waals surface area contributed by atoms with Crippen molar-refractivity contribution in [3.8, 4) is 5.75 Å². The summed E-state index contributed by atoms with van der Waals surface area (Å²) in [7, 11) is 0. The minimum atomic E-state index is -0.348. The van der Waals surface area contributed by atoms with Crippen LogP contribution >= 0.6 is 11.6 Å². The average molecular weight is 536 g/mol. The van der Waals surface area contributed by atoms with Gasteiger partial charge in [0.1, 0.15) is 23.2 Å². The van der Waals surface area contributed by atoms with Crippen molar-refractivity contribution in [3.63, 3.8) is 0 Å². The van der Waals surface area contributed by atoms with Crippen molar-refractivity contribution >= 4 is 46.0 Å². The van der Waals surface area contributed by atoms with E-state index in [-0.39, 0.29) is 24.0 Å². The lowest BCUT2D eigenvalue weighted by molar-refractivity contribution is -0.126. The zero-order chi connectivity index (χ0) is 26.2. The van der Waals surface area contributed by atoms with Gasteiger partial charge in [-0.2, -0.15) is 0 Å². The zero-order valence-electron chi connectivity index (χ0n) is 20.5. The Morgan fingerprint density at radius 1 is 1.24 bits per heavy atom. The first-order chi connectivity index (χ1) is 18.5. The molecule has 6 rings (SSSR count). The van der Waals surface area contributed by atoms with Gasteiger partial charge in [-0.25, -0.2) is 4.98 Å². The highest BCUT2D eigenvalue weighted by atomic mass is 35.5. The van der Waals surface area contributed by atoms with Crippen LogP contribution in [0.5, 0.6) is 5.75 Å². The molecule has 196 valence electrons. The SMILES string of the molecule is C=CC(=O)N1CCCCC(n2c(NC(=O)c3ccn4cnnc4c3)nc3ccc(OC4COC4)c(Cl)c32)C1. The predicted molar refractivity (Wildman–Crippen MR) is 141 cm³/mol. The number of hydrogen-bond acceptors (Lipinski definition) is 7. The van der Waals surface area contributed by atoms with Crippen LogP contribution in [0.1, 0.15) is 35.7 Å². The van der Waals surface area contributed by atoms with Crippen molar-refractivity contribution in [2.45, 2.75) is 31.4 Å². The molecule has 0 radical (unpaired) electrons. The molecule has 11 nitrogen and oxygen atoms in total. The molecule has 0 spiro atoms. The number of likely N-dealkylation sites (tertiary alicyclic amines) is 1. The Balaban J connectivity index is 1.42. The topological polar surface area (TPSA) is 116 Å². The highest BCUT2D eigenvalue weighted by Gasteiger charge is 2.29. The second-order valence-corrected chi connectivity index (χ2v) is 9.81. The lowest BCUT2D eigenvalue weighted by Gasteiger charge is -2.28. The fraction of sp³-hybridized carbons (Fsp3) is 0.346. The normalized spacial score (nSPS) is 18.2. The maximum atomic E-state index is 13.4. The molecule has 0 aliphatic carbocycles. The number of nitrogens with zero attached hydrogens (tertiary/aromatic N) is 6. The van der Waals surface area contributed by atoms with Gasteiger partial charge in [0.2, 0.25) is 11.9 Å². The van der Waals surface area contributed by atoms with Crippen molar-refractivity contribution in [1.29, 1.82) is 0 Å². The maximum absolute atomic E-state index is 13.4. The monoisotopic (exact) mass is 535 g/mol. The molecule has 38 heavy (non-hydrogen) atoms. The number of amides is 2. The molecule has 5 heterocycles. The lowest BCUT2D eigenvalue weighted by Crippen LogP contribution is -2.38. The summed E-state index contributed by atoms with van der Waals surface area (Å²) < 4.78 is 14.9. The van der Waals surface area contributed by atoms with Crippen LogP contribution in [0.3, 0.4) is 0 Å². The summed E-state index contributed by atoms with van der Waals surface area (Å²) in [6.07, 6.45) is 7.10. The van der Waals surface area contributed by atoms with Gasteiger partial charge in [-0.15, -0.1) is 10.2 Å². The summed E-state index contributed by atoms with van der Waals surface area (Å²) in [5, 5.41) is 11.3. The number of anilines is 1. The van der Waals surface area contributed by atoms with Crippen LogP contribution < -0.4 is 10.1 Å². The van der Waals surface area contributed by atoms with E-state index in [1.54, 1.807) is 40.0 Å². The third-order valence-corrected chi connectivity index (χ3v) is 7.31. The maximum Gasteiger partial charge on any atom is 0.258 e. The quantitative estimate of drug-likeness (QED) is 0.376. The smallest absolute Gasteiger partial charge is 0.258 e. The summed E-state index contributed by atoms with van der Waals surface area (Å²) >= 11 is 6.92. The van der Waals surface area contributed by atoms with Crippen molar-refractivity contribution in [3.05, 3.63) is 60.0 Å². The van der Waals surface area contributed by atoms with E-state index in [0.717, 1.165) is 19.3 Å². The molecule has 2 fully saturated rings. The molecule has 12 heteroatoms. The number of fused-ring (bicyclic) bond motifs is 2. The number of nitrogens with one attached hydrogen (secondary N) is 1. The second kappa shape index (κ2) is 10.1. The first kappa shape index (κ1) is 24.4. The number of pyridine rings is 1. The van der Waals surface area contributed by atoms with Gasteiger partial charge in [0.15, 0.2) is 5.65 Å². The van der Waals surface area contributed by atoms with E-state index in [9.17, 15) is 9.59 Å². The number of hydrogen-bond donors (Lipinski definition) is 1. The van der Waals surface area contributed by atoms with Crippen molar-refractivity contribution < 1.29 is 19.1 Å². The number of halogens is 1. The van der Waals surface area contributed by atoms with Gasteiger partial charge in [0.25, 0.3) is 5.91 Å². The van der Waals surface area contributed by atoms with Crippen LogP contribution in [0.2, 0.25) is 5.02 Å². The van der Waals surface area contributed by atoms with Gasteiger partial charge in [-0.3, -0.25) is 19.3 Å². The number of rotatable bonds is 6. The summed E-state index contributed by atoms with van der Waals surface area (Å²) in [6, 6.07) is 6.78. The first-order valence-electron chi connectivity index (χ1n) is 12.5. The average Bonchev–Trinajstić information content (AvgIpc) is 3.43. The van der Waals surface area contributed by atoms with Gasteiger partial charge in [-0.05, 0) is 49.6 Å². The molecule has 2 amide bonds. The van der Waals surface area contributed by atoms with Crippen molar-refractivity contribution in [2.24, 2.45) is 0 Å². The standard InChI is InChI=1S/C26H26ClN7O4/c1-2-22(35)32-9-4-3-5-17(12-32)34-24-19(6-7-20(23(24)27)38-18-13-37-14-18)29-26(34)30-25(36)16-8-10-33-15-28-31-21(33)11-16/h2,6-8,10-11,15,17-18H,1,3-5,9,12-14H2,(H,29,30,36). The van der Waals surface area contributed by atoms with E-state index in [2.05, 4.69) is 22.1 Å². The van der Waals surface area contributed by atoms with Gasteiger partial charge < -0.3 is 18.9 Å². The molecule has 3 aromatic heterocycles. The highest BCUT2D eigenvalue weighted by Crippen LogP contribution is 2.39. The van der Waals surface area contributed by atoms with E-state index in [0.29, 0.717) is 65.3 Å². The van der Waals surface area contributed by atoms with Gasteiger partial charge in [0.05, 0.1) is 30.3 Å². The van der Waals surface area contributed by atoms with Crippen LogP contribution in [0.25, 0.3) is 16.7 Å². The molecule has 4 aromatic rings. The minimum absolute atomic E-state index is 0.0637. The first-order valence-corrected chi connectivity index (χ1v) is 12.9. The van der Waals surface area contributed by atoms with Crippen LogP contribution in [0.15, 0.2) is 49.4 Å². The van der Waals surface area contributed by atoms with Crippen LogP contribution in [0, 0.1) is 0 Å². The number of benzene rings is 1. The van der Waals surface area contributed by atoms with E-state index in [1.807, 2.05) is 10.6 Å². The number of ether oxygens (including phenoxy) is 2. The Kier molecular flexibility index (Phi) is 6.46. The summed E-state index contributed by atoms with van der Waals surface area (Å²) in [5.74, 6) is 0.388. The molecule has 2 aliphatic heterocycles. The molecule has 0 bridgehead atoms.